The van der Waals surface area contributed by atoms with Crippen molar-refractivity contribution in [2.24, 2.45) is 0 Å². The number of benzene rings is 3. The molecule has 1 aliphatic carbocycles. The minimum absolute atomic E-state index is 0.0660. The quantitative estimate of drug-likeness (QED) is 0.388. The largest absolute Gasteiger partial charge is 0.255 e. The third kappa shape index (κ3) is 1.62. The fourth-order valence-corrected chi connectivity index (χ4v) is 4.36. The van der Waals surface area contributed by atoms with Gasteiger partial charge in [-0.2, -0.15) is 0 Å². The maximum atomic E-state index is 4.90. The molecular weight excluding hydrogens is 290 g/mol. The molecule has 1 nitrogen and oxygen atoms in total. The van der Waals surface area contributed by atoms with Gasteiger partial charge in [0.25, 0.3) is 0 Å². The van der Waals surface area contributed by atoms with Crippen LogP contribution in [0.4, 0.5) is 0 Å². The van der Waals surface area contributed by atoms with Crippen LogP contribution >= 0.6 is 0 Å². The van der Waals surface area contributed by atoms with Crippen molar-refractivity contribution >= 4 is 21.5 Å². The van der Waals surface area contributed by atoms with Gasteiger partial charge in [0, 0.05) is 22.6 Å². The summed E-state index contributed by atoms with van der Waals surface area (Å²) in [6, 6.07) is 19.9. The van der Waals surface area contributed by atoms with Crippen molar-refractivity contribution in [1.29, 1.82) is 0 Å². The molecule has 1 heteroatoms. The number of hydrogen-bond donors (Lipinski definition) is 0. The molecule has 1 aromatic heterocycles. The van der Waals surface area contributed by atoms with E-state index in [4.69, 9.17) is 4.98 Å². The van der Waals surface area contributed by atoms with Gasteiger partial charge in [-0.1, -0.05) is 74.0 Å². The lowest BCUT2D eigenvalue weighted by Crippen LogP contribution is -2.24. The Bertz CT molecular complexity index is 1130. The summed E-state index contributed by atoms with van der Waals surface area (Å²) in [5.41, 5.74) is 6.39. The molecular formula is C23H19N. The summed E-state index contributed by atoms with van der Waals surface area (Å²) in [6.07, 6.45) is 2.02. The Morgan fingerprint density at radius 2 is 1.67 bits per heavy atom. The SMILES string of the molecule is Cc1ccc2cnc3c(c2c1)C(C)(C)c1cccc2cccc-3c12. The summed E-state index contributed by atoms with van der Waals surface area (Å²) in [4.78, 5) is 4.90. The Balaban J connectivity index is 2.05. The summed E-state index contributed by atoms with van der Waals surface area (Å²) in [5.74, 6) is 0. The van der Waals surface area contributed by atoms with E-state index < -0.39 is 0 Å². The van der Waals surface area contributed by atoms with Crippen LogP contribution in [0.5, 0.6) is 0 Å². The minimum Gasteiger partial charge on any atom is -0.255 e. The number of fused-ring (bicyclic) bond motifs is 4. The highest BCUT2D eigenvalue weighted by Crippen LogP contribution is 2.49. The Morgan fingerprint density at radius 1 is 0.875 bits per heavy atom. The van der Waals surface area contributed by atoms with Crippen molar-refractivity contribution in [3.05, 3.63) is 77.5 Å². The molecule has 1 heterocycles. The van der Waals surface area contributed by atoms with Gasteiger partial charge in [-0.3, -0.25) is 4.98 Å². The van der Waals surface area contributed by atoms with E-state index in [2.05, 4.69) is 75.4 Å². The summed E-state index contributed by atoms with van der Waals surface area (Å²) in [5, 5.41) is 5.21. The van der Waals surface area contributed by atoms with Crippen LogP contribution in [0.2, 0.25) is 0 Å². The maximum absolute atomic E-state index is 4.90. The van der Waals surface area contributed by atoms with Gasteiger partial charge >= 0.3 is 0 Å². The number of aromatic nitrogens is 1. The third-order valence-electron chi connectivity index (χ3n) is 5.51. The van der Waals surface area contributed by atoms with Crippen LogP contribution in [0, 0.1) is 6.92 Å². The molecule has 1 aliphatic rings. The van der Waals surface area contributed by atoms with Crippen molar-refractivity contribution in [2.45, 2.75) is 26.2 Å². The van der Waals surface area contributed by atoms with Gasteiger partial charge in [0.05, 0.1) is 5.69 Å². The molecule has 0 unspecified atom stereocenters. The highest BCUT2D eigenvalue weighted by Gasteiger charge is 2.35. The zero-order chi connectivity index (χ0) is 16.5. The second kappa shape index (κ2) is 4.45. The van der Waals surface area contributed by atoms with Gasteiger partial charge in [0.2, 0.25) is 0 Å². The van der Waals surface area contributed by atoms with E-state index in [0.29, 0.717) is 0 Å². The van der Waals surface area contributed by atoms with Gasteiger partial charge in [-0.05, 0) is 34.2 Å². The molecule has 0 radical (unpaired) electrons. The summed E-state index contributed by atoms with van der Waals surface area (Å²) < 4.78 is 0. The average molecular weight is 309 g/mol. The average Bonchev–Trinajstić information content (AvgIpc) is 2.58. The van der Waals surface area contributed by atoms with E-state index in [9.17, 15) is 0 Å². The van der Waals surface area contributed by atoms with Crippen molar-refractivity contribution < 1.29 is 0 Å². The molecule has 0 atom stereocenters. The first-order chi connectivity index (χ1) is 11.6. The van der Waals surface area contributed by atoms with Crippen LogP contribution in [0.25, 0.3) is 32.8 Å². The van der Waals surface area contributed by atoms with Crippen molar-refractivity contribution in [3.8, 4) is 11.3 Å². The molecule has 4 aromatic rings. The Labute approximate surface area is 142 Å². The number of aryl methyl sites for hydroxylation is 1. The van der Waals surface area contributed by atoms with Crippen LogP contribution in [-0.2, 0) is 5.41 Å². The topological polar surface area (TPSA) is 12.9 Å². The van der Waals surface area contributed by atoms with Gasteiger partial charge in [0.15, 0.2) is 0 Å². The molecule has 0 spiro atoms. The summed E-state index contributed by atoms with van der Waals surface area (Å²) >= 11 is 0. The number of nitrogens with zero attached hydrogens (tertiary/aromatic N) is 1. The zero-order valence-electron chi connectivity index (χ0n) is 14.2. The lowest BCUT2D eigenvalue weighted by Gasteiger charge is -2.35. The number of hydrogen-bond acceptors (Lipinski definition) is 1. The van der Waals surface area contributed by atoms with E-state index in [1.807, 2.05) is 6.20 Å². The van der Waals surface area contributed by atoms with E-state index >= 15 is 0 Å². The molecule has 0 saturated heterocycles. The number of rotatable bonds is 0. The molecule has 0 N–H and O–H groups in total. The van der Waals surface area contributed by atoms with Crippen molar-refractivity contribution in [3.63, 3.8) is 0 Å². The Kier molecular flexibility index (Phi) is 2.55. The molecule has 3 aromatic carbocycles. The van der Waals surface area contributed by atoms with Crippen LogP contribution < -0.4 is 0 Å². The summed E-state index contributed by atoms with van der Waals surface area (Å²) in [7, 11) is 0. The van der Waals surface area contributed by atoms with E-state index in [0.717, 1.165) is 5.69 Å². The van der Waals surface area contributed by atoms with Crippen LogP contribution in [0.3, 0.4) is 0 Å². The van der Waals surface area contributed by atoms with Crippen LogP contribution in [-0.4, -0.2) is 4.98 Å². The predicted octanol–water partition coefficient (Wildman–Crippen LogP) is 6.00. The third-order valence-corrected chi connectivity index (χ3v) is 5.51. The fourth-order valence-electron chi connectivity index (χ4n) is 4.36. The highest BCUT2D eigenvalue weighted by molar-refractivity contribution is 6.05. The normalized spacial score (nSPS) is 14.8. The minimum atomic E-state index is -0.0660. The lowest BCUT2D eigenvalue weighted by molar-refractivity contribution is 0.648. The molecule has 116 valence electrons. The molecule has 5 rings (SSSR count). The first-order valence-corrected chi connectivity index (χ1v) is 8.50. The van der Waals surface area contributed by atoms with Crippen LogP contribution in [0.15, 0.2) is 60.8 Å². The Morgan fingerprint density at radius 3 is 2.50 bits per heavy atom. The van der Waals surface area contributed by atoms with Crippen molar-refractivity contribution in [2.75, 3.05) is 0 Å². The Hall–Kier alpha value is -2.67. The van der Waals surface area contributed by atoms with E-state index in [1.54, 1.807) is 0 Å². The predicted molar refractivity (Wildman–Crippen MR) is 102 cm³/mol. The van der Waals surface area contributed by atoms with Crippen molar-refractivity contribution in [1.82, 2.24) is 4.98 Å². The highest BCUT2D eigenvalue weighted by atomic mass is 14.7. The van der Waals surface area contributed by atoms with E-state index in [-0.39, 0.29) is 5.41 Å². The van der Waals surface area contributed by atoms with Gasteiger partial charge in [-0.15, -0.1) is 0 Å². The second-order valence-corrected chi connectivity index (χ2v) is 7.41. The second-order valence-electron chi connectivity index (χ2n) is 7.41. The molecule has 0 aliphatic heterocycles. The van der Waals surface area contributed by atoms with Gasteiger partial charge in [0.1, 0.15) is 0 Å². The molecule has 0 fully saturated rings. The molecule has 24 heavy (non-hydrogen) atoms. The smallest absolute Gasteiger partial charge is 0.0755 e. The first kappa shape index (κ1) is 13.7. The lowest BCUT2D eigenvalue weighted by atomic mass is 9.68. The van der Waals surface area contributed by atoms with Gasteiger partial charge < -0.3 is 0 Å². The fraction of sp³-hybridized carbons (Fsp3) is 0.174. The van der Waals surface area contributed by atoms with E-state index in [1.165, 1.54) is 43.8 Å². The zero-order valence-corrected chi connectivity index (χ0v) is 14.2. The van der Waals surface area contributed by atoms with Gasteiger partial charge in [-0.25, -0.2) is 0 Å². The summed E-state index contributed by atoms with van der Waals surface area (Å²) in [6.45, 7) is 6.83. The van der Waals surface area contributed by atoms with Crippen LogP contribution in [0.1, 0.15) is 30.5 Å². The first-order valence-electron chi connectivity index (χ1n) is 8.50. The monoisotopic (exact) mass is 309 g/mol. The molecule has 0 saturated carbocycles. The standard InChI is InChI=1S/C23H19N/c1-14-10-11-16-13-24-22-17-8-4-6-15-7-5-9-19(20(15)17)23(2,3)21(22)18(16)12-14/h4-13H,1-3H3. The molecule has 0 bridgehead atoms. The number of pyridine rings is 1. The maximum Gasteiger partial charge on any atom is 0.0755 e. The molecule has 0 amide bonds.